The molecule has 0 aromatic rings. The van der Waals surface area contributed by atoms with Gasteiger partial charge in [0.1, 0.15) is 0 Å². The molecule has 2 saturated heterocycles. The Kier molecular flexibility index (Phi) is 5.22. The van der Waals surface area contributed by atoms with Gasteiger partial charge in [0.25, 0.3) is 0 Å². The zero-order valence-corrected chi connectivity index (χ0v) is 11.5. The summed E-state index contributed by atoms with van der Waals surface area (Å²) < 4.78 is 0. The molecule has 0 saturated carbocycles. The number of rotatable bonds is 5. The van der Waals surface area contributed by atoms with Crippen LogP contribution in [0.4, 0.5) is 0 Å². The Morgan fingerprint density at radius 2 is 1.76 bits per heavy atom. The lowest BCUT2D eigenvalue weighted by Crippen LogP contribution is -2.45. The van der Waals surface area contributed by atoms with Gasteiger partial charge in [0.05, 0.1) is 0 Å². The van der Waals surface area contributed by atoms with Crippen molar-refractivity contribution in [3.8, 4) is 0 Å². The summed E-state index contributed by atoms with van der Waals surface area (Å²) >= 11 is 0. The van der Waals surface area contributed by atoms with Gasteiger partial charge in [-0.15, -0.1) is 0 Å². The SMILES string of the molecule is CN1CCN(CCCNC2CCN(C)C2)CC1. The Bertz CT molecular complexity index is 213. The first-order valence-electron chi connectivity index (χ1n) is 7.07. The molecule has 2 aliphatic rings. The average molecular weight is 240 g/mol. The molecule has 1 N–H and O–H groups in total. The van der Waals surface area contributed by atoms with Crippen LogP contribution in [-0.4, -0.2) is 87.2 Å². The molecular formula is C13H28N4. The first-order valence-corrected chi connectivity index (χ1v) is 7.07. The molecule has 1 unspecified atom stereocenters. The van der Waals surface area contributed by atoms with Crippen molar-refractivity contribution in [3.05, 3.63) is 0 Å². The zero-order valence-electron chi connectivity index (χ0n) is 11.5. The number of piperazine rings is 1. The minimum atomic E-state index is 0.743. The quantitative estimate of drug-likeness (QED) is 0.678. The van der Waals surface area contributed by atoms with Gasteiger partial charge >= 0.3 is 0 Å². The number of nitrogens with one attached hydrogen (secondary N) is 1. The van der Waals surface area contributed by atoms with E-state index >= 15 is 0 Å². The molecule has 4 heteroatoms. The van der Waals surface area contributed by atoms with Crippen LogP contribution in [0.25, 0.3) is 0 Å². The summed E-state index contributed by atoms with van der Waals surface area (Å²) in [6.07, 6.45) is 2.62. The van der Waals surface area contributed by atoms with Crippen LogP contribution >= 0.6 is 0 Å². The van der Waals surface area contributed by atoms with Gasteiger partial charge in [-0.3, -0.25) is 0 Å². The molecule has 0 bridgehead atoms. The van der Waals surface area contributed by atoms with Crippen LogP contribution in [0.3, 0.4) is 0 Å². The van der Waals surface area contributed by atoms with E-state index in [-0.39, 0.29) is 0 Å². The largest absolute Gasteiger partial charge is 0.313 e. The third-order valence-electron chi connectivity index (χ3n) is 4.07. The van der Waals surface area contributed by atoms with E-state index in [0.29, 0.717) is 0 Å². The summed E-state index contributed by atoms with van der Waals surface area (Å²) in [5, 5.41) is 3.68. The van der Waals surface area contributed by atoms with Gasteiger partial charge in [0, 0.05) is 38.8 Å². The predicted octanol–water partition coefficient (Wildman–Crippen LogP) is -0.0824. The Balaban J connectivity index is 1.49. The van der Waals surface area contributed by atoms with Crippen molar-refractivity contribution in [2.24, 2.45) is 0 Å². The van der Waals surface area contributed by atoms with E-state index in [2.05, 4.69) is 34.1 Å². The van der Waals surface area contributed by atoms with Gasteiger partial charge in [0.2, 0.25) is 0 Å². The van der Waals surface area contributed by atoms with Crippen molar-refractivity contribution in [1.82, 2.24) is 20.0 Å². The van der Waals surface area contributed by atoms with Crippen LogP contribution in [0, 0.1) is 0 Å². The summed E-state index contributed by atoms with van der Waals surface area (Å²) in [4.78, 5) is 7.43. The fraction of sp³-hybridized carbons (Fsp3) is 1.00. The summed E-state index contributed by atoms with van der Waals surface area (Å²) in [7, 11) is 4.43. The van der Waals surface area contributed by atoms with Crippen LogP contribution in [0.1, 0.15) is 12.8 Å². The zero-order chi connectivity index (χ0) is 12.1. The Morgan fingerprint density at radius 1 is 1.00 bits per heavy atom. The number of hydrogen-bond acceptors (Lipinski definition) is 4. The highest BCUT2D eigenvalue weighted by atomic mass is 15.2. The van der Waals surface area contributed by atoms with E-state index in [1.165, 1.54) is 65.2 Å². The van der Waals surface area contributed by atoms with Gasteiger partial charge in [-0.2, -0.15) is 0 Å². The fourth-order valence-corrected chi connectivity index (χ4v) is 2.78. The maximum Gasteiger partial charge on any atom is 0.0207 e. The highest BCUT2D eigenvalue weighted by Gasteiger charge is 2.18. The van der Waals surface area contributed by atoms with E-state index in [9.17, 15) is 0 Å². The Morgan fingerprint density at radius 3 is 2.41 bits per heavy atom. The highest BCUT2D eigenvalue weighted by Crippen LogP contribution is 2.06. The molecule has 17 heavy (non-hydrogen) atoms. The van der Waals surface area contributed by atoms with Crippen LogP contribution in [0.5, 0.6) is 0 Å². The lowest BCUT2D eigenvalue weighted by Gasteiger charge is -2.32. The van der Waals surface area contributed by atoms with E-state index in [4.69, 9.17) is 0 Å². The van der Waals surface area contributed by atoms with E-state index in [1.807, 2.05) is 0 Å². The summed E-state index contributed by atoms with van der Waals surface area (Å²) in [5.74, 6) is 0. The maximum atomic E-state index is 3.68. The Hall–Kier alpha value is -0.160. The first-order chi connectivity index (χ1) is 8.24. The lowest BCUT2D eigenvalue weighted by molar-refractivity contribution is 0.152. The van der Waals surface area contributed by atoms with Crippen LogP contribution in [-0.2, 0) is 0 Å². The minimum Gasteiger partial charge on any atom is -0.313 e. The Labute approximate surface area is 106 Å². The lowest BCUT2D eigenvalue weighted by atomic mass is 10.2. The number of hydrogen-bond donors (Lipinski definition) is 1. The van der Waals surface area contributed by atoms with Crippen LogP contribution in [0.2, 0.25) is 0 Å². The van der Waals surface area contributed by atoms with E-state index < -0.39 is 0 Å². The standard InChI is InChI=1S/C13H28N4/c1-15-8-10-17(11-9-15)6-3-5-14-13-4-7-16(2)12-13/h13-14H,3-12H2,1-2H3. The highest BCUT2D eigenvalue weighted by molar-refractivity contribution is 4.79. The molecule has 4 nitrogen and oxygen atoms in total. The minimum absolute atomic E-state index is 0.743. The molecule has 1 atom stereocenters. The van der Waals surface area contributed by atoms with E-state index in [0.717, 1.165) is 6.04 Å². The van der Waals surface area contributed by atoms with Crippen molar-refractivity contribution in [2.45, 2.75) is 18.9 Å². The van der Waals surface area contributed by atoms with Gasteiger partial charge < -0.3 is 20.0 Å². The average Bonchev–Trinajstić information content (AvgIpc) is 2.73. The summed E-state index contributed by atoms with van der Waals surface area (Å²) in [6, 6.07) is 0.743. The monoisotopic (exact) mass is 240 g/mol. The molecule has 100 valence electrons. The molecule has 2 heterocycles. The van der Waals surface area contributed by atoms with Crippen molar-refractivity contribution in [3.63, 3.8) is 0 Å². The number of likely N-dealkylation sites (tertiary alicyclic amines) is 1. The van der Waals surface area contributed by atoms with Crippen molar-refractivity contribution in [2.75, 3.05) is 66.5 Å². The second-order valence-electron chi connectivity index (χ2n) is 5.70. The number of nitrogens with zero attached hydrogens (tertiary/aromatic N) is 3. The topological polar surface area (TPSA) is 21.8 Å². The predicted molar refractivity (Wildman–Crippen MR) is 72.5 cm³/mol. The molecule has 0 aliphatic carbocycles. The molecule has 2 aliphatic heterocycles. The normalized spacial score (nSPS) is 28.9. The third-order valence-corrected chi connectivity index (χ3v) is 4.07. The molecule has 0 radical (unpaired) electrons. The van der Waals surface area contributed by atoms with Gasteiger partial charge in [0.15, 0.2) is 0 Å². The van der Waals surface area contributed by atoms with E-state index in [1.54, 1.807) is 0 Å². The molecule has 0 spiro atoms. The molecule has 0 amide bonds. The van der Waals surface area contributed by atoms with Crippen molar-refractivity contribution < 1.29 is 0 Å². The molecule has 0 aromatic heterocycles. The smallest absolute Gasteiger partial charge is 0.0207 e. The molecule has 2 rings (SSSR count). The van der Waals surface area contributed by atoms with Gasteiger partial charge in [-0.05, 0) is 46.6 Å². The molecule has 2 fully saturated rings. The maximum absolute atomic E-state index is 3.68. The second-order valence-corrected chi connectivity index (χ2v) is 5.70. The van der Waals surface area contributed by atoms with Gasteiger partial charge in [-0.1, -0.05) is 0 Å². The van der Waals surface area contributed by atoms with Gasteiger partial charge in [-0.25, -0.2) is 0 Å². The first kappa shape index (κ1) is 13.3. The van der Waals surface area contributed by atoms with Crippen LogP contribution < -0.4 is 5.32 Å². The van der Waals surface area contributed by atoms with Crippen LogP contribution in [0.15, 0.2) is 0 Å². The second kappa shape index (κ2) is 6.69. The summed E-state index contributed by atoms with van der Waals surface area (Å²) in [5.41, 5.74) is 0. The number of likely N-dealkylation sites (N-methyl/N-ethyl adjacent to an activating group) is 2. The molecule has 0 aromatic carbocycles. The summed E-state index contributed by atoms with van der Waals surface area (Å²) in [6.45, 7) is 9.92. The fourth-order valence-electron chi connectivity index (χ4n) is 2.78. The van der Waals surface area contributed by atoms with Crippen molar-refractivity contribution >= 4 is 0 Å². The molecular weight excluding hydrogens is 212 g/mol. The third kappa shape index (κ3) is 4.54. The van der Waals surface area contributed by atoms with Crippen molar-refractivity contribution in [1.29, 1.82) is 0 Å².